The predicted molar refractivity (Wildman–Crippen MR) is 75.0 cm³/mol. The number of rotatable bonds is 4. The summed E-state index contributed by atoms with van der Waals surface area (Å²) in [5.41, 5.74) is 0.983. The monoisotopic (exact) mass is 259 g/mol. The minimum atomic E-state index is -0.212. The van der Waals surface area contributed by atoms with Crippen molar-refractivity contribution in [2.45, 2.75) is 13.0 Å². The zero-order valence-corrected chi connectivity index (χ0v) is 11.7. The summed E-state index contributed by atoms with van der Waals surface area (Å²) in [6, 6.07) is 10.1. The predicted octanol–water partition coefficient (Wildman–Crippen LogP) is 1.90. The third kappa shape index (κ3) is 3.25. The van der Waals surface area contributed by atoms with Crippen LogP contribution in [0.4, 0.5) is 0 Å². The lowest BCUT2D eigenvalue weighted by atomic mass is 10.0. The zero-order valence-electron chi connectivity index (χ0n) is 11.7. The van der Waals surface area contributed by atoms with Crippen LogP contribution in [0, 0.1) is 11.3 Å². The van der Waals surface area contributed by atoms with Crippen molar-refractivity contribution in [2.75, 3.05) is 39.8 Å². The Balaban J connectivity index is 2.20. The van der Waals surface area contributed by atoms with Crippen molar-refractivity contribution in [2.24, 2.45) is 0 Å². The average molecular weight is 259 g/mol. The van der Waals surface area contributed by atoms with Gasteiger partial charge in [-0.3, -0.25) is 4.90 Å². The van der Waals surface area contributed by atoms with Crippen LogP contribution < -0.4 is 4.74 Å². The first-order chi connectivity index (χ1) is 9.26. The molecule has 1 heterocycles. The van der Waals surface area contributed by atoms with Crippen molar-refractivity contribution in [1.82, 2.24) is 9.80 Å². The summed E-state index contributed by atoms with van der Waals surface area (Å²) < 4.78 is 5.64. The standard InChI is InChI=1S/C15H21N3O/c1-3-19-15-7-5-4-6-13(15)14(12-16)18-10-8-17(2)9-11-18/h4-7,14H,3,8-11H2,1-2H3. The Morgan fingerprint density at radius 1 is 1.26 bits per heavy atom. The second-order valence-corrected chi connectivity index (χ2v) is 4.84. The fourth-order valence-electron chi connectivity index (χ4n) is 2.42. The molecule has 1 fully saturated rings. The number of hydrogen-bond donors (Lipinski definition) is 0. The largest absolute Gasteiger partial charge is 0.493 e. The highest BCUT2D eigenvalue weighted by molar-refractivity contribution is 5.38. The van der Waals surface area contributed by atoms with Crippen LogP contribution in [0.5, 0.6) is 5.75 Å². The second kappa shape index (κ2) is 6.55. The van der Waals surface area contributed by atoms with Crippen LogP contribution in [0.2, 0.25) is 0 Å². The first kappa shape index (κ1) is 13.9. The molecule has 1 saturated heterocycles. The fourth-order valence-corrected chi connectivity index (χ4v) is 2.42. The Bertz CT molecular complexity index is 447. The van der Waals surface area contributed by atoms with E-state index in [0.717, 1.165) is 37.5 Å². The molecule has 0 N–H and O–H groups in total. The summed E-state index contributed by atoms with van der Waals surface area (Å²) in [4.78, 5) is 4.53. The Hall–Kier alpha value is -1.57. The molecule has 1 aromatic carbocycles. The van der Waals surface area contributed by atoms with E-state index < -0.39 is 0 Å². The van der Waals surface area contributed by atoms with Crippen molar-refractivity contribution < 1.29 is 4.74 Å². The molecule has 4 heteroatoms. The molecule has 0 spiro atoms. The maximum atomic E-state index is 9.53. The molecule has 1 atom stereocenters. The molecular formula is C15H21N3O. The maximum Gasteiger partial charge on any atom is 0.127 e. The van der Waals surface area contributed by atoms with E-state index in [1.807, 2.05) is 31.2 Å². The van der Waals surface area contributed by atoms with Gasteiger partial charge in [-0.1, -0.05) is 18.2 Å². The molecule has 2 rings (SSSR count). The summed E-state index contributed by atoms with van der Waals surface area (Å²) in [5.74, 6) is 0.829. The van der Waals surface area contributed by atoms with Gasteiger partial charge in [-0.25, -0.2) is 0 Å². The molecule has 4 nitrogen and oxygen atoms in total. The van der Waals surface area contributed by atoms with Gasteiger partial charge in [0.1, 0.15) is 11.8 Å². The van der Waals surface area contributed by atoms with E-state index in [9.17, 15) is 5.26 Å². The van der Waals surface area contributed by atoms with E-state index in [2.05, 4.69) is 22.9 Å². The number of benzene rings is 1. The van der Waals surface area contributed by atoms with Crippen LogP contribution >= 0.6 is 0 Å². The Kier molecular flexibility index (Phi) is 4.78. The molecule has 1 aliphatic heterocycles. The van der Waals surface area contributed by atoms with Crippen molar-refractivity contribution in [3.63, 3.8) is 0 Å². The molecule has 0 radical (unpaired) electrons. The van der Waals surface area contributed by atoms with Crippen LogP contribution in [0.1, 0.15) is 18.5 Å². The summed E-state index contributed by atoms with van der Waals surface area (Å²) in [7, 11) is 2.12. The average Bonchev–Trinajstić information content (AvgIpc) is 2.44. The van der Waals surface area contributed by atoms with E-state index in [1.165, 1.54) is 0 Å². The lowest BCUT2D eigenvalue weighted by Gasteiger charge is -2.35. The first-order valence-corrected chi connectivity index (χ1v) is 6.80. The van der Waals surface area contributed by atoms with Gasteiger partial charge in [0.25, 0.3) is 0 Å². The lowest BCUT2D eigenvalue weighted by molar-refractivity contribution is 0.131. The van der Waals surface area contributed by atoms with Crippen LogP contribution in [0.15, 0.2) is 24.3 Å². The third-order valence-electron chi connectivity index (χ3n) is 3.54. The van der Waals surface area contributed by atoms with E-state index in [1.54, 1.807) is 0 Å². The molecule has 102 valence electrons. The number of likely N-dealkylation sites (N-methyl/N-ethyl adjacent to an activating group) is 1. The van der Waals surface area contributed by atoms with Gasteiger partial charge in [-0.2, -0.15) is 5.26 Å². The first-order valence-electron chi connectivity index (χ1n) is 6.80. The van der Waals surface area contributed by atoms with E-state index in [-0.39, 0.29) is 6.04 Å². The van der Waals surface area contributed by atoms with Gasteiger partial charge < -0.3 is 9.64 Å². The molecule has 0 aromatic heterocycles. The Morgan fingerprint density at radius 3 is 2.58 bits per heavy atom. The van der Waals surface area contributed by atoms with Gasteiger partial charge in [0.2, 0.25) is 0 Å². The quantitative estimate of drug-likeness (QED) is 0.828. The number of piperazine rings is 1. The maximum absolute atomic E-state index is 9.53. The van der Waals surface area contributed by atoms with Crippen LogP contribution in [-0.2, 0) is 0 Å². The fraction of sp³-hybridized carbons (Fsp3) is 0.533. The number of para-hydroxylation sites is 1. The minimum absolute atomic E-state index is 0.212. The lowest BCUT2D eigenvalue weighted by Crippen LogP contribution is -2.45. The highest BCUT2D eigenvalue weighted by atomic mass is 16.5. The molecule has 0 saturated carbocycles. The SMILES string of the molecule is CCOc1ccccc1C(C#N)N1CCN(C)CC1. The molecular weight excluding hydrogens is 238 g/mol. The van der Waals surface area contributed by atoms with Crippen molar-refractivity contribution in [3.05, 3.63) is 29.8 Å². The van der Waals surface area contributed by atoms with Crippen LogP contribution in [0.3, 0.4) is 0 Å². The van der Waals surface area contributed by atoms with Gasteiger partial charge in [0, 0.05) is 31.7 Å². The summed E-state index contributed by atoms with van der Waals surface area (Å²) in [6.45, 7) is 6.46. The van der Waals surface area contributed by atoms with Gasteiger partial charge in [-0.05, 0) is 20.0 Å². The van der Waals surface area contributed by atoms with Gasteiger partial charge in [0.15, 0.2) is 0 Å². The zero-order chi connectivity index (χ0) is 13.7. The molecule has 0 aliphatic carbocycles. The van der Waals surface area contributed by atoms with E-state index >= 15 is 0 Å². The number of nitrogens with zero attached hydrogens (tertiary/aromatic N) is 3. The summed E-state index contributed by atoms with van der Waals surface area (Å²) in [5, 5.41) is 9.53. The van der Waals surface area contributed by atoms with Crippen molar-refractivity contribution >= 4 is 0 Å². The highest BCUT2D eigenvalue weighted by Gasteiger charge is 2.25. The Morgan fingerprint density at radius 2 is 1.95 bits per heavy atom. The minimum Gasteiger partial charge on any atom is -0.493 e. The molecule has 1 aromatic rings. The van der Waals surface area contributed by atoms with Gasteiger partial charge >= 0.3 is 0 Å². The van der Waals surface area contributed by atoms with Gasteiger partial charge in [0.05, 0.1) is 12.7 Å². The Labute approximate surface area is 115 Å². The molecule has 1 unspecified atom stereocenters. The van der Waals surface area contributed by atoms with Crippen LogP contribution in [-0.4, -0.2) is 49.6 Å². The summed E-state index contributed by atoms with van der Waals surface area (Å²) >= 11 is 0. The number of nitriles is 1. The van der Waals surface area contributed by atoms with E-state index in [0.29, 0.717) is 6.61 Å². The smallest absolute Gasteiger partial charge is 0.127 e. The molecule has 19 heavy (non-hydrogen) atoms. The van der Waals surface area contributed by atoms with E-state index in [4.69, 9.17) is 4.74 Å². The highest BCUT2D eigenvalue weighted by Crippen LogP contribution is 2.29. The molecule has 0 bridgehead atoms. The third-order valence-corrected chi connectivity index (χ3v) is 3.54. The number of ether oxygens (including phenoxy) is 1. The molecule has 1 aliphatic rings. The number of hydrogen-bond acceptors (Lipinski definition) is 4. The van der Waals surface area contributed by atoms with Crippen LogP contribution in [0.25, 0.3) is 0 Å². The summed E-state index contributed by atoms with van der Waals surface area (Å²) in [6.07, 6.45) is 0. The second-order valence-electron chi connectivity index (χ2n) is 4.84. The van der Waals surface area contributed by atoms with Gasteiger partial charge in [-0.15, -0.1) is 0 Å². The molecule has 0 amide bonds. The normalized spacial score (nSPS) is 18.8. The van der Waals surface area contributed by atoms with Crippen molar-refractivity contribution in [3.8, 4) is 11.8 Å². The topological polar surface area (TPSA) is 39.5 Å². The van der Waals surface area contributed by atoms with Crippen molar-refractivity contribution in [1.29, 1.82) is 5.26 Å².